The third kappa shape index (κ3) is 5.00. The van der Waals surface area contributed by atoms with E-state index in [0.717, 1.165) is 23.5 Å². The van der Waals surface area contributed by atoms with Crippen LogP contribution in [0.25, 0.3) is 0 Å². The molecule has 0 unspecified atom stereocenters. The number of para-hydroxylation sites is 1. The third-order valence-corrected chi connectivity index (χ3v) is 3.14. The van der Waals surface area contributed by atoms with Gasteiger partial charge in [-0.2, -0.15) is 0 Å². The van der Waals surface area contributed by atoms with Gasteiger partial charge in [0.05, 0.1) is 0 Å². The number of hydrogen-bond acceptors (Lipinski definition) is 4. The van der Waals surface area contributed by atoms with Crippen molar-refractivity contribution in [3.05, 3.63) is 54.1 Å². The van der Waals surface area contributed by atoms with Crippen molar-refractivity contribution in [3.63, 3.8) is 0 Å². The molecule has 0 radical (unpaired) electrons. The molecule has 2 N–H and O–H groups in total. The standard InChI is InChI=1S/C17H22N2O2/c1-19(2)11-12-21-16-9-7-15(8-10-16)18-13-14-5-3-4-6-17(14)20/h3-10,18,20H,11-13H2,1-2H3. The first-order valence-corrected chi connectivity index (χ1v) is 7.03. The molecule has 0 amide bonds. The smallest absolute Gasteiger partial charge is 0.120 e. The number of nitrogens with zero attached hydrogens (tertiary/aromatic N) is 1. The molecule has 0 aliphatic rings. The first-order valence-electron chi connectivity index (χ1n) is 7.03. The van der Waals surface area contributed by atoms with Crippen LogP contribution < -0.4 is 10.1 Å². The molecule has 0 atom stereocenters. The van der Waals surface area contributed by atoms with Crippen LogP contribution in [0.4, 0.5) is 5.69 Å². The highest BCUT2D eigenvalue weighted by atomic mass is 16.5. The van der Waals surface area contributed by atoms with Crippen molar-refractivity contribution in [2.75, 3.05) is 32.6 Å². The number of phenolic OH excluding ortho intramolecular Hbond substituents is 1. The lowest BCUT2D eigenvalue weighted by atomic mass is 10.2. The Morgan fingerprint density at radius 2 is 1.76 bits per heavy atom. The molecule has 0 saturated heterocycles. The fraction of sp³-hybridized carbons (Fsp3) is 0.294. The lowest BCUT2D eigenvalue weighted by Gasteiger charge is -2.12. The van der Waals surface area contributed by atoms with E-state index >= 15 is 0 Å². The van der Waals surface area contributed by atoms with Gasteiger partial charge in [-0.15, -0.1) is 0 Å². The number of benzene rings is 2. The van der Waals surface area contributed by atoms with Crippen molar-refractivity contribution in [3.8, 4) is 11.5 Å². The minimum absolute atomic E-state index is 0.314. The summed E-state index contributed by atoms with van der Waals surface area (Å²) in [6.45, 7) is 2.17. The maximum atomic E-state index is 9.71. The van der Waals surface area contributed by atoms with Crippen LogP contribution in [-0.4, -0.2) is 37.3 Å². The van der Waals surface area contributed by atoms with Crippen LogP contribution in [0.2, 0.25) is 0 Å². The minimum Gasteiger partial charge on any atom is -0.508 e. The summed E-state index contributed by atoms with van der Waals surface area (Å²) in [6.07, 6.45) is 0. The molecular weight excluding hydrogens is 264 g/mol. The van der Waals surface area contributed by atoms with Gasteiger partial charge >= 0.3 is 0 Å². The summed E-state index contributed by atoms with van der Waals surface area (Å²) in [6, 6.07) is 15.2. The maximum Gasteiger partial charge on any atom is 0.120 e. The Morgan fingerprint density at radius 3 is 2.43 bits per heavy atom. The van der Waals surface area contributed by atoms with Crippen molar-refractivity contribution in [2.45, 2.75) is 6.54 Å². The molecule has 21 heavy (non-hydrogen) atoms. The van der Waals surface area contributed by atoms with Gasteiger partial charge in [-0.05, 0) is 44.4 Å². The van der Waals surface area contributed by atoms with Crippen LogP contribution in [0.5, 0.6) is 11.5 Å². The van der Waals surface area contributed by atoms with Crippen molar-refractivity contribution >= 4 is 5.69 Å². The number of hydrogen-bond donors (Lipinski definition) is 2. The second-order valence-corrected chi connectivity index (χ2v) is 5.16. The zero-order chi connectivity index (χ0) is 15.1. The molecule has 112 valence electrons. The summed E-state index contributed by atoms with van der Waals surface area (Å²) in [4.78, 5) is 2.09. The van der Waals surface area contributed by atoms with Crippen LogP contribution in [-0.2, 0) is 6.54 Å². The van der Waals surface area contributed by atoms with E-state index in [1.165, 1.54) is 0 Å². The monoisotopic (exact) mass is 286 g/mol. The van der Waals surface area contributed by atoms with Gasteiger partial charge in [-0.1, -0.05) is 18.2 Å². The van der Waals surface area contributed by atoms with Gasteiger partial charge in [0.1, 0.15) is 18.1 Å². The zero-order valence-corrected chi connectivity index (χ0v) is 12.5. The van der Waals surface area contributed by atoms with Gasteiger partial charge in [0.25, 0.3) is 0 Å². The molecule has 2 aromatic rings. The average molecular weight is 286 g/mol. The Hall–Kier alpha value is -2.20. The van der Waals surface area contributed by atoms with Crippen molar-refractivity contribution in [1.29, 1.82) is 0 Å². The number of anilines is 1. The largest absolute Gasteiger partial charge is 0.508 e. The van der Waals surface area contributed by atoms with Gasteiger partial charge in [0.2, 0.25) is 0 Å². The summed E-state index contributed by atoms with van der Waals surface area (Å²) < 4.78 is 5.64. The SMILES string of the molecule is CN(C)CCOc1ccc(NCc2ccccc2O)cc1. The first-order chi connectivity index (χ1) is 10.1. The fourth-order valence-corrected chi connectivity index (χ4v) is 1.87. The number of aromatic hydroxyl groups is 1. The highest BCUT2D eigenvalue weighted by Gasteiger charge is 2.00. The summed E-state index contributed by atoms with van der Waals surface area (Å²) in [5.41, 5.74) is 1.88. The number of rotatable bonds is 7. The normalized spacial score (nSPS) is 10.6. The Bertz CT molecular complexity index is 553. The second-order valence-electron chi connectivity index (χ2n) is 5.16. The van der Waals surface area contributed by atoms with E-state index in [1.54, 1.807) is 6.07 Å². The Balaban J connectivity index is 1.84. The number of likely N-dealkylation sites (N-methyl/N-ethyl adjacent to an activating group) is 1. The van der Waals surface area contributed by atoms with Crippen molar-refractivity contribution in [2.24, 2.45) is 0 Å². The van der Waals surface area contributed by atoms with Crippen LogP contribution in [0.1, 0.15) is 5.56 Å². The lowest BCUT2D eigenvalue weighted by Crippen LogP contribution is -2.19. The van der Waals surface area contributed by atoms with E-state index in [2.05, 4.69) is 10.2 Å². The molecule has 0 bridgehead atoms. The van der Waals surface area contributed by atoms with E-state index in [1.807, 2.05) is 56.6 Å². The Kier molecular flexibility index (Phi) is 5.46. The van der Waals surface area contributed by atoms with Crippen LogP contribution >= 0.6 is 0 Å². The van der Waals surface area contributed by atoms with Gasteiger partial charge in [0.15, 0.2) is 0 Å². The van der Waals surface area contributed by atoms with Gasteiger partial charge < -0.3 is 20.1 Å². The average Bonchev–Trinajstić information content (AvgIpc) is 2.47. The molecule has 0 saturated carbocycles. The van der Waals surface area contributed by atoms with Crippen molar-refractivity contribution < 1.29 is 9.84 Å². The van der Waals surface area contributed by atoms with E-state index < -0.39 is 0 Å². The third-order valence-electron chi connectivity index (χ3n) is 3.14. The lowest BCUT2D eigenvalue weighted by molar-refractivity contribution is 0.261. The molecule has 2 aromatic carbocycles. The van der Waals surface area contributed by atoms with Gasteiger partial charge in [-0.3, -0.25) is 0 Å². The summed E-state index contributed by atoms with van der Waals surface area (Å²) in [7, 11) is 4.05. The van der Waals surface area contributed by atoms with E-state index in [0.29, 0.717) is 18.9 Å². The molecule has 4 heteroatoms. The van der Waals surface area contributed by atoms with E-state index in [9.17, 15) is 5.11 Å². The minimum atomic E-state index is 0.314. The van der Waals surface area contributed by atoms with Crippen molar-refractivity contribution in [1.82, 2.24) is 4.90 Å². The molecule has 0 aliphatic heterocycles. The summed E-state index contributed by atoms with van der Waals surface area (Å²) >= 11 is 0. The predicted molar refractivity (Wildman–Crippen MR) is 85.9 cm³/mol. The van der Waals surface area contributed by atoms with Crippen LogP contribution in [0, 0.1) is 0 Å². The predicted octanol–water partition coefficient (Wildman–Crippen LogP) is 2.94. The molecular formula is C17H22N2O2. The van der Waals surface area contributed by atoms with Gasteiger partial charge in [-0.25, -0.2) is 0 Å². The highest BCUT2D eigenvalue weighted by molar-refractivity contribution is 5.47. The van der Waals surface area contributed by atoms with Gasteiger partial charge in [0, 0.05) is 24.3 Å². The quantitative estimate of drug-likeness (QED) is 0.821. The first kappa shape index (κ1) is 15.2. The second kappa shape index (κ2) is 7.55. The molecule has 4 nitrogen and oxygen atoms in total. The zero-order valence-electron chi connectivity index (χ0n) is 12.5. The van der Waals surface area contributed by atoms with Crippen LogP contribution in [0.3, 0.4) is 0 Å². The fourth-order valence-electron chi connectivity index (χ4n) is 1.87. The Morgan fingerprint density at radius 1 is 1.05 bits per heavy atom. The highest BCUT2D eigenvalue weighted by Crippen LogP contribution is 2.19. The number of ether oxygens (including phenoxy) is 1. The molecule has 0 aromatic heterocycles. The molecule has 0 heterocycles. The summed E-state index contributed by atoms with van der Waals surface area (Å²) in [5.74, 6) is 1.18. The molecule has 0 fully saturated rings. The molecule has 0 spiro atoms. The number of nitrogens with one attached hydrogen (secondary N) is 1. The van der Waals surface area contributed by atoms with E-state index in [4.69, 9.17) is 4.74 Å². The maximum absolute atomic E-state index is 9.71. The molecule has 0 aliphatic carbocycles. The Labute approximate surface area is 126 Å². The van der Waals surface area contributed by atoms with E-state index in [-0.39, 0.29) is 0 Å². The molecule has 2 rings (SSSR count). The van der Waals surface area contributed by atoms with Crippen LogP contribution in [0.15, 0.2) is 48.5 Å². The topological polar surface area (TPSA) is 44.7 Å². The number of phenols is 1. The summed E-state index contributed by atoms with van der Waals surface area (Å²) in [5, 5.41) is 13.0.